The lowest BCUT2D eigenvalue weighted by Crippen LogP contribution is -2.46. The topological polar surface area (TPSA) is 349 Å². The van der Waals surface area contributed by atoms with Gasteiger partial charge < -0.3 is 52.1 Å². The van der Waals surface area contributed by atoms with Crippen LogP contribution in [0.2, 0.25) is 0 Å². The third-order valence-corrected chi connectivity index (χ3v) is 12.7. The van der Waals surface area contributed by atoms with Gasteiger partial charge in [-0.25, -0.2) is 19.2 Å². The highest BCUT2D eigenvalue weighted by molar-refractivity contribution is 5.89. The first-order chi connectivity index (χ1) is 33.2. The Morgan fingerprint density at radius 1 is 0.400 bits per heavy atom. The monoisotopic (exact) mass is 996 g/mol. The SMILES string of the molecule is CC(C)C(=O)CC[C@H](NC(=O)CC[C@H](NC(=O)CC[C@H](NC(=O)CC[C@H](NC(=O)C1CCC(CNC(=O)CCCCCCCCCCCCCCCCC(=O)O)CC1)C(=O)O)C(=O)O)C(=O)O)C(=O)O. The van der Waals surface area contributed by atoms with E-state index in [2.05, 4.69) is 26.6 Å². The molecule has 21 nitrogen and oxygen atoms in total. The maximum atomic E-state index is 13.0. The molecule has 1 fully saturated rings. The van der Waals surface area contributed by atoms with Gasteiger partial charge in [-0.05, 0) is 70.1 Å². The molecular formula is C49H81N5O16. The molecule has 0 aliphatic heterocycles. The second-order valence-corrected chi connectivity index (χ2v) is 18.9. The van der Waals surface area contributed by atoms with E-state index >= 15 is 0 Å². The van der Waals surface area contributed by atoms with Crippen LogP contribution in [0.15, 0.2) is 0 Å². The van der Waals surface area contributed by atoms with Gasteiger partial charge in [0.05, 0.1) is 0 Å². The molecule has 5 amide bonds. The molecular weight excluding hydrogens is 915 g/mol. The van der Waals surface area contributed by atoms with Gasteiger partial charge in [-0.2, -0.15) is 0 Å². The number of aliphatic carboxylic acids is 5. The molecule has 1 rings (SSSR count). The van der Waals surface area contributed by atoms with E-state index in [-0.39, 0.29) is 49.2 Å². The lowest BCUT2D eigenvalue weighted by Gasteiger charge is -2.28. The molecule has 0 aromatic rings. The quantitative estimate of drug-likeness (QED) is 0.0366. The minimum atomic E-state index is -1.62. The van der Waals surface area contributed by atoms with Crippen molar-refractivity contribution in [2.75, 3.05) is 6.54 Å². The Morgan fingerprint density at radius 3 is 1.07 bits per heavy atom. The molecule has 1 aliphatic carbocycles. The number of carbonyl (C=O) groups is 11. The number of carboxylic acid groups (broad SMARTS) is 5. The van der Waals surface area contributed by atoms with Crippen LogP contribution in [-0.2, 0) is 52.7 Å². The number of hydrogen-bond acceptors (Lipinski definition) is 11. The van der Waals surface area contributed by atoms with E-state index in [1.165, 1.54) is 44.9 Å². The lowest BCUT2D eigenvalue weighted by atomic mass is 9.81. The number of hydrogen-bond donors (Lipinski definition) is 10. The van der Waals surface area contributed by atoms with Crippen molar-refractivity contribution in [3.05, 3.63) is 0 Å². The maximum Gasteiger partial charge on any atom is 0.326 e. The summed E-state index contributed by atoms with van der Waals surface area (Å²) in [6.07, 6.45) is 15.4. The minimum absolute atomic E-state index is 0.000200. The fraction of sp³-hybridized carbons (Fsp3) is 0.776. The van der Waals surface area contributed by atoms with Crippen molar-refractivity contribution in [3.63, 3.8) is 0 Å². The Labute approximate surface area is 411 Å². The number of carbonyl (C=O) groups excluding carboxylic acids is 6. The van der Waals surface area contributed by atoms with Crippen LogP contribution in [0.4, 0.5) is 0 Å². The standard InChI is InChI=1S/C49H81N5O16/c1-32(2)39(55)27-23-35(46(63)64)51-41(57)28-24-36(47(65)66)52-42(58)29-25-37(48(67)68)53-43(59)30-26-38(49(69)70)54-45(62)34-21-19-33(20-22-34)31-50-40(56)17-15-13-11-9-7-5-3-4-6-8-10-12-14-16-18-44(60)61/h32-38H,3-31H2,1-2H3,(H,50,56)(H,51,57)(H,52,58)(H,53,59)(H,54,62)(H,60,61)(H,63,64)(H,65,66)(H,67,68)(H,69,70)/t33?,34?,35-,36-,37-,38-/m0/s1. The van der Waals surface area contributed by atoms with Crippen molar-refractivity contribution in [3.8, 4) is 0 Å². The fourth-order valence-corrected chi connectivity index (χ4v) is 8.18. The molecule has 0 radical (unpaired) electrons. The van der Waals surface area contributed by atoms with Gasteiger partial charge in [-0.3, -0.25) is 33.6 Å². The smallest absolute Gasteiger partial charge is 0.326 e. The molecule has 0 unspecified atom stereocenters. The highest BCUT2D eigenvalue weighted by Gasteiger charge is 2.31. The molecule has 0 bridgehead atoms. The minimum Gasteiger partial charge on any atom is -0.481 e. The zero-order valence-corrected chi connectivity index (χ0v) is 41.3. The highest BCUT2D eigenvalue weighted by atomic mass is 16.4. The zero-order valence-electron chi connectivity index (χ0n) is 41.3. The summed E-state index contributed by atoms with van der Waals surface area (Å²) in [7, 11) is 0. The normalized spacial score (nSPS) is 16.2. The second kappa shape index (κ2) is 36.3. The van der Waals surface area contributed by atoms with Crippen molar-refractivity contribution >= 4 is 65.2 Å². The molecule has 21 heteroatoms. The van der Waals surface area contributed by atoms with Gasteiger partial charge >= 0.3 is 29.8 Å². The molecule has 0 heterocycles. The summed E-state index contributed by atoms with van der Waals surface area (Å²) in [5.74, 6) is -10.4. The molecule has 0 spiro atoms. The number of carboxylic acids is 5. The third kappa shape index (κ3) is 30.1. The number of rotatable bonds is 41. The van der Waals surface area contributed by atoms with E-state index in [9.17, 15) is 73.2 Å². The van der Waals surface area contributed by atoms with Crippen molar-refractivity contribution in [2.45, 2.75) is 218 Å². The van der Waals surface area contributed by atoms with Crippen LogP contribution in [0, 0.1) is 17.8 Å². The summed E-state index contributed by atoms with van der Waals surface area (Å²) in [6.45, 7) is 3.79. The first kappa shape index (κ1) is 62.4. The summed E-state index contributed by atoms with van der Waals surface area (Å²) in [4.78, 5) is 133. The largest absolute Gasteiger partial charge is 0.481 e. The Balaban J connectivity index is 2.35. The van der Waals surface area contributed by atoms with E-state index in [1.54, 1.807) is 13.8 Å². The van der Waals surface area contributed by atoms with Gasteiger partial charge in [0.25, 0.3) is 0 Å². The Hall–Kier alpha value is -5.63. The number of amides is 5. The molecule has 0 aromatic carbocycles. The summed E-state index contributed by atoms with van der Waals surface area (Å²) in [5.41, 5.74) is 0. The first-order valence-corrected chi connectivity index (χ1v) is 25.3. The van der Waals surface area contributed by atoms with Crippen molar-refractivity contribution < 1.29 is 78.3 Å². The molecule has 0 saturated heterocycles. The van der Waals surface area contributed by atoms with E-state index in [1.807, 2.05) is 0 Å². The first-order valence-electron chi connectivity index (χ1n) is 25.3. The van der Waals surface area contributed by atoms with Gasteiger partial charge in [0, 0.05) is 56.9 Å². The summed E-state index contributed by atoms with van der Waals surface area (Å²) >= 11 is 0. The maximum absolute atomic E-state index is 13.0. The molecule has 4 atom stereocenters. The van der Waals surface area contributed by atoms with Crippen LogP contribution in [0.1, 0.15) is 194 Å². The fourth-order valence-electron chi connectivity index (χ4n) is 8.18. The van der Waals surface area contributed by atoms with Crippen LogP contribution in [-0.4, -0.2) is 121 Å². The van der Waals surface area contributed by atoms with Crippen LogP contribution in [0.3, 0.4) is 0 Å². The number of Topliss-reactive ketones (excluding diaryl/α,β-unsaturated/α-hetero) is 1. The van der Waals surface area contributed by atoms with Gasteiger partial charge in [0.1, 0.15) is 30.0 Å². The van der Waals surface area contributed by atoms with Gasteiger partial charge in [0.15, 0.2) is 0 Å². The molecule has 1 aliphatic rings. The average Bonchev–Trinajstić information content (AvgIpc) is 3.30. The van der Waals surface area contributed by atoms with Gasteiger partial charge in [-0.1, -0.05) is 90.9 Å². The predicted octanol–water partition coefficient (Wildman–Crippen LogP) is 4.86. The van der Waals surface area contributed by atoms with E-state index in [0.29, 0.717) is 38.6 Å². The van der Waals surface area contributed by atoms with Gasteiger partial charge in [-0.15, -0.1) is 0 Å². The number of ketones is 1. The molecule has 70 heavy (non-hydrogen) atoms. The van der Waals surface area contributed by atoms with Crippen LogP contribution < -0.4 is 26.6 Å². The molecule has 398 valence electrons. The highest BCUT2D eigenvalue weighted by Crippen LogP contribution is 2.29. The van der Waals surface area contributed by atoms with Crippen molar-refractivity contribution in [1.82, 2.24) is 26.6 Å². The van der Waals surface area contributed by atoms with Crippen LogP contribution in [0.5, 0.6) is 0 Å². The molecule has 10 N–H and O–H groups in total. The zero-order chi connectivity index (χ0) is 52.4. The molecule has 1 saturated carbocycles. The van der Waals surface area contributed by atoms with Crippen molar-refractivity contribution in [1.29, 1.82) is 0 Å². The number of nitrogens with one attached hydrogen (secondary N) is 5. The second-order valence-electron chi connectivity index (χ2n) is 18.9. The van der Waals surface area contributed by atoms with E-state index in [0.717, 1.165) is 44.9 Å². The van der Waals surface area contributed by atoms with Crippen molar-refractivity contribution in [2.24, 2.45) is 17.8 Å². The Morgan fingerprint density at radius 2 is 0.729 bits per heavy atom. The summed E-state index contributed by atoms with van der Waals surface area (Å²) < 4.78 is 0. The average molecular weight is 996 g/mol. The summed E-state index contributed by atoms with van der Waals surface area (Å²) in [6, 6.07) is -6.06. The van der Waals surface area contributed by atoms with E-state index < -0.39 is 116 Å². The summed E-state index contributed by atoms with van der Waals surface area (Å²) in [5, 5.41) is 59.2. The van der Waals surface area contributed by atoms with Gasteiger partial charge in [0.2, 0.25) is 29.5 Å². The predicted molar refractivity (Wildman–Crippen MR) is 255 cm³/mol. The lowest BCUT2D eigenvalue weighted by molar-refractivity contribution is -0.144. The van der Waals surface area contributed by atoms with Crippen LogP contribution >= 0.6 is 0 Å². The van der Waals surface area contributed by atoms with Crippen LogP contribution in [0.25, 0.3) is 0 Å². The Kier molecular flexibility index (Phi) is 32.4. The van der Waals surface area contributed by atoms with E-state index in [4.69, 9.17) is 5.11 Å². The third-order valence-electron chi connectivity index (χ3n) is 12.7. The molecule has 0 aromatic heterocycles. The Bertz CT molecular complexity index is 1700. The number of unbranched alkanes of at least 4 members (excludes halogenated alkanes) is 13.